The van der Waals surface area contributed by atoms with E-state index in [0.717, 1.165) is 10.6 Å². The third-order valence-electron chi connectivity index (χ3n) is 2.59. The summed E-state index contributed by atoms with van der Waals surface area (Å²) in [5.74, 6) is 0.360. The Hall–Kier alpha value is -0.530. The molecule has 0 saturated heterocycles. The lowest BCUT2D eigenvalue weighted by Gasteiger charge is -2.18. The minimum Gasteiger partial charge on any atom is -0.327 e. The predicted octanol–water partition coefficient (Wildman–Crippen LogP) is 3.10. The first-order valence-electron chi connectivity index (χ1n) is 4.54. The Morgan fingerprint density at radius 2 is 1.92 bits per heavy atom. The van der Waals surface area contributed by atoms with E-state index in [9.17, 15) is 0 Å². The van der Waals surface area contributed by atoms with E-state index >= 15 is 0 Å². The Kier molecular flexibility index (Phi) is 3.34. The molecule has 1 aromatic carbocycles. The number of rotatable bonds is 2. The van der Waals surface area contributed by atoms with Gasteiger partial charge in [-0.2, -0.15) is 0 Å². The van der Waals surface area contributed by atoms with E-state index in [1.165, 1.54) is 5.56 Å². The lowest BCUT2D eigenvalue weighted by molar-refractivity contribution is 0.610. The van der Waals surface area contributed by atoms with Crippen LogP contribution in [-0.4, -0.2) is 6.04 Å². The lowest BCUT2D eigenvalue weighted by Crippen LogP contribution is -2.23. The molecule has 2 atom stereocenters. The van der Waals surface area contributed by atoms with Crippen LogP contribution >= 0.6 is 11.6 Å². The molecule has 0 aliphatic rings. The number of hydrogen-bond donors (Lipinski definition) is 1. The maximum Gasteiger partial charge on any atom is 0.0438 e. The van der Waals surface area contributed by atoms with Crippen molar-refractivity contribution in [1.29, 1.82) is 0 Å². The minimum absolute atomic E-state index is 0.164. The molecule has 0 fully saturated rings. The van der Waals surface area contributed by atoms with Crippen molar-refractivity contribution in [2.45, 2.75) is 32.7 Å². The molecule has 0 bridgehead atoms. The molecule has 1 aromatic rings. The molecule has 2 heteroatoms. The largest absolute Gasteiger partial charge is 0.327 e. The van der Waals surface area contributed by atoms with Crippen LogP contribution in [0.5, 0.6) is 0 Å². The molecule has 0 heterocycles. The van der Waals surface area contributed by atoms with E-state index in [1.54, 1.807) is 0 Å². The van der Waals surface area contributed by atoms with Crippen LogP contribution in [-0.2, 0) is 0 Å². The summed E-state index contributed by atoms with van der Waals surface area (Å²) in [6.45, 7) is 6.19. The SMILES string of the molecule is Cc1c(Cl)cccc1C(C)C(C)N. The van der Waals surface area contributed by atoms with Gasteiger partial charge in [0.15, 0.2) is 0 Å². The summed E-state index contributed by atoms with van der Waals surface area (Å²) >= 11 is 6.02. The molecule has 0 aliphatic heterocycles. The van der Waals surface area contributed by atoms with Gasteiger partial charge >= 0.3 is 0 Å². The summed E-state index contributed by atoms with van der Waals surface area (Å²) in [5.41, 5.74) is 8.24. The standard InChI is InChI=1S/C11H16ClN/c1-7(9(3)13)10-5-4-6-11(12)8(10)2/h4-7,9H,13H2,1-3H3. The van der Waals surface area contributed by atoms with Crippen molar-refractivity contribution in [3.8, 4) is 0 Å². The summed E-state index contributed by atoms with van der Waals surface area (Å²) in [7, 11) is 0. The first-order valence-corrected chi connectivity index (χ1v) is 4.92. The summed E-state index contributed by atoms with van der Waals surface area (Å²) in [6.07, 6.45) is 0. The van der Waals surface area contributed by atoms with Gasteiger partial charge in [-0.15, -0.1) is 0 Å². The van der Waals surface area contributed by atoms with E-state index in [1.807, 2.05) is 26.0 Å². The van der Waals surface area contributed by atoms with Crippen molar-refractivity contribution in [1.82, 2.24) is 0 Å². The van der Waals surface area contributed by atoms with E-state index < -0.39 is 0 Å². The highest BCUT2D eigenvalue weighted by Gasteiger charge is 2.13. The van der Waals surface area contributed by atoms with Gasteiger partial charge in [-0.05, 0) is 37.0 Å². The second kappa shape index (κ2) is 4.12. The fraction of sp³-hybridized carbons (Fsp3) is 0.455. The fourth-order valence-corrected chi connectivity index (χ4v) is 1.58. The molecule has 0 radical (unpaired) electrons. The highest BCUT2D eigenvalue weighted by molar-refractivity contribution is 6.31. The summed E-state index contributed by atoms with van der Waals surface area (Å²) in [4.78, 5) is 0. The lowest BCUT2D eigenvalue weighted by atomic mass is 9.91. The minimum atomic E-state index is 0.164. The van der Waals surface area contributed by atoms with Crippen LogP contribution in [0.15, 0.2) is 18.2 Å². The van der Waals surface area contributed by atoms with Gasteiger partial charge in [0, 0.05) is 11.1 Å². The number of nitrogens with two attached hydrogens (primary N) is 1. The number of halogens is 1. The molecule has 0 amide bonds. The van der Waals surface area contributed by atoms with E-state index in [2.05, 4.69) is 13.0 Å². The number of hydrogen-bond acceptors (Lipinski definition) is 1. The highest BCUT2D eigenvalue weighted by atomic mass is 35.5. The zero-order valence-corrected chi connectivity index (χ0v) is 9.10. The molecular weight excluding hydrogens is 182 g/mol. The summed E-state index contributed by atoms with van der Waals surface area (Å²) in [6, 6.07) is 6.14. The average Bonchev–Trinajstić information content (AvgIpc) is 2.08. The average molecular weight is 198 g/mol. The molecular formula is C11H16ClN. The topological polar surface area (TPSA) is 26.0 Å². The molecule has 0 spiro atoms. The van der Waals surface area contributed by atoms with Gasteiger partial charge < -0.3 is 5.73 Å². The Balaban J connectivity index is 3.07. The third kappa shape index (κ3) is 2.23. The molecule has 1 rings (SSSR count). The zero-order valence-electron chi connectivity index (χ0n) is 8.34. The van der Waals surface area contributed by atoms with E-state index in [4.69, 9.17) is 17.3 Å². The smallest absolute Gasteiger partial charge is 0.0438 e. The van der Waals surface area contributed by atoms with Crippen molar-refractivity contribution in [3.63, 3.8) is 0 Å². The number of benzene rings is 1. The van der Waals surface area contributed by atoms with Crippen LogP contribution in [0.1, 0.15) is 30.9 Å². The maximum absolute atomic E-state index is 6.02. The highest BCUT2D eigenvalue weighted by Crippen LogP contribution is 2.26. The van der Waals surface area contributed by atoms with E-state index in [0.29, 0.717) is 5.92 Å². The van der Waals surface area contributed by atoms with Crippen LogP contribution in [0.2, 0.25) is 5.02 Å². The third-order valence-corrected chi connectivity index (χ3v) is 3.00. The van der Waals surface area contributed by atoms with Gasteiger partial charge in [0.25, 0.3) is 0 Å². The van der Waals surface area contributed by atoms with Gasteiger partial charge in [0.1, 0.15) is 0 Å². The second-order valence-corrected chi connectivity index (χ2v) is 4.01. The van der Waals surface area contributed by atoms with Crippen molar-refractivity contribution in [3.05, 3.63) is 34.3 Å². The van der Waals surface area contributed by atoms with Gasteiger partial charge in [0.05, 0.1) is 0 Å². The Labute approximate surface area is 84.9 Å². The molecule has 2 N–H and O–H groups in total. The van der Waals surface area contributed by atoms with Gasteiger partial charge in [-0.3, -0.25) is 0 Å². The van der Waals surface area contributed by atoms with Crippen LogP contribution in [0.3, 0.4) is 0 Å². The first kappa shape index (κ1) is 10.6. The first-order chi connectivity index (χ1) is 6.04. The van der Waals surface area contributed by atoms with Crippen molar-refractivity contribution >= 4 is 11.6 Å². The van der Waals surface area contributed by atoms with Crippen LogP contribution in [0.4, 0.5) is 0 Å². The summed E-state index contributed by atoms with van der Waals surface area (Å²) < 4.78 is 0. The zero-order chi connectivity index (χ0) is 10.0. The molecule has 0 saturated carbocycles. The van der Waals surface area contributed by atoms with Crippen LogP contribution < -0.4 is 5.73 Å². The normalized spacial score (nSPS) is 15.5. The van der Waals surface area contributed by atoms with Crippen molar-refractivity contribution in [2.75, 3.05) is 0 Å². The van der Waals surface area contributed by atoms with Gasteiger partial charge in [-0.1, -0.05) is 30.7 Å². The Morgan fingerprint density at radius 1 is 1.31 bits per heavy atom. The van der Waals surface area contributed by atoms with E-state index in [-0.39, 0.29) is 6.04 Å². The monoisotopic (exact) mass is 197 g/mol. The molecule has 72 valence electrons. The molecule has 0 aliphatic carbocycles. The second-order valence-electron chi connectivity index (χ2n) is 3.60. The maximum atomic E-state index is 6.02. The van der Waals surface area contributed by atoms with Crippen molar-refractivity contribution in [2.24, 2.45) is 5.73 Å². The summed E-state index contributed by atoms with van der Waals surface area (Å²) in [5, 5.41) is 0.824. The molecule has 13 heavy (non-hydrogen) atoms. The fourth-order valence-electron chi connectivity index (χ4n) is 1.40. The quantitative estimate of drug-likeness (QED) is 0.775. The van der Waals surface area contributed by atoms with Crippen LogP contribution in [0.25, 0.3) is 0 Å². The van der Waals surface area contributed by atoms with Gasteiger partial charge in [-0.25, -0.2) is 0 Å². The van der Waals surface area contributed by atoms with Gasteiger partial charge in [0.2, 0.25) is 0 Å². The Bertz CT molecular complexity index is 294. The van der Waals surface area contributed by atoms with Crippen LogP contribution in [0, 0.1) is 6.92 Å². The molecule has 2 unspecified atom stereocenters. The predicted molar refractivity (Wildman–Crippen MR) is 58.3 cm³/mol. The van der Waals surface area contributed by atoms with Crippen molar-refractivity contribution < 1.29 is 0 Å². The molecule has 1 nitrogen and oxygen atoms in total. The Morgan fingerprint density at radius 3 is 2.46 bits per heavy atom. The molecule has 0 aromatic heterocycles.